The van der Waals surface area contributed by atoms with E-state index in [1.165, 1.54) is 0 Å². The van der Waals surface area contributed by atoms with Gasteiger partial charge in [0.2, 0.25) is 5.28 Å². The lowest BCUT2D eigenvalue weighted by Gasteiger charge is -2.12. The first-order valence-electron chi connectivity index (χ1n) is 7.35. The fourth-order valence-corrected chi connectivity index (χ4v) is 2.84. The van der Waals surface area contributed by atoms with Crippen molar-refractivity contribution in [3.8, 4) is 0 Å². The van der Waals surface area contributed by atoms with Crippen LogP contribution in [0.5, 0.6) is 0 Å². The molecule has 1 aliphatic heterocycles. The van der Waals surface area contributed by atoms with Gasteiger partial charge < -0.3 is 15.8 Å². The fourth-order valence-electron chi connectivity index (χ4n) is 2.67. The maximum Gasteiger partial charge on any atom is 0.226 e. The van der Waals surface area contributed by atoms with E-state index in [1.807, 2.05) is 28.8 Å². The minimum Gasteiger partial charge on any atom is -0.399 e. The van der Waals surface area contributed by atoms with Crippen LogP contribution in [0, 0.1) is 0 Å². The van der Waals surface area contributed by atoms with Gasteiger partial charge in [0, 0.05) is 18.0 Å². The lowest BCUT2D eigenvalue weighted by Crippen LogP contribution is -2.07. The van der Waals surface area contributed by atoms with Gasteiger partial charge in [-0.25, -0.2) is 4.98 Å². The number of halogens is 1. The number of anilines is 3. The highest BCUT2D eigenvalue weighted by molar-refractivity contribution is 6.28. The first-order chi connectivity index (χ1) is 11.2. The number of nitrogens with zero attached hydrogens (tertiary/aromatic N) is 4. The van der Waals surface area contributed by atoms with Crippen LogP contribution in [-0.2, 0) is 4.74 Å². The van der Waals surface area contributed by atoms with Gasteiger partial charge in [-0.15, -0.1) is 0 Å². The molecule has 0 radical (unpaired) electrons. The van der Waals surface area contributed by atoms with Gasteiger partial charge in [0.1, 0.15) is 6.23 Å². The summed E-state index contributed by atoms with van der Waals surface area (Å²) in [5.74, 6) is 0.557. The van der Waals surface area contributed by atoms with Crippen molar-refractivity contribution in [3.05, 3.63) is 35.9 Å². The van der Waals surface area contributed by atoms with E-state index < -0.39 is 0 Å². The highest BCUT2D eigenvalue weighted by Crippen LogP contribution is 2.30. The number of rotatable bonds is 3. The molecule has 1 atom stereocenters. The molecule has 1 saturated heterocycles. The van der Waals surface area contributed by atoms with Crippen LogP contribution >= 0.6 is 11.6 Å². The van der Waals surface area contributed by atoms with Crippen molar-refractivity contribution in [2.75, 3.05) is 17.7 Å². The van der Waals surface area contributed by atoms with Gasteiger partial charge >= 0.3 is 0 Å². The van der Waals surface area contributed by atoms with Crippen molar-refractivity contribution in [2.45, 2.75) is 19.1 Å². The second-order valence-electron chi connectivity index (χ2n) is 5.38. The molecule has 7 nitrogen and oxygen atoms in total. The molecule has 118 valence electrons. The Kier molecular flexibility index (Phi) is 3.51. The summed E-state index contributed by atoms with van der Waals surface area (Å²) in [6.45, 7) is 0.750. The summed E-state index contributed by atoms with van der Waals surface area (Å²) in [4.78, 5) is 13.0. The third-order valence-electron chi connectivity index (χ3n) is 3.78. The number of nitrogens with one attached hydrogen (secondary N) is 1. The molecule has 0 saturated carbocycles. The van der Waals surface area contributed by atoms with E-state index in [0.717, 1.165) is 25.1 Å². The molecule has 23 heavy (non-hydrogen) atoms. The molecule has 1 unspecified atom stereocenters. The summed E-state index contributed by atoms with van der Waals surface area (Å²) in [6, 6.07) is 7.36. The molecule has 1 fully saturated rings. The lowest BCUT2D eigenvalue weighted by atomic mass is 10.3. The molecule has 1 aromatic carbocycles. The predicted molar refractivity (Wildman–Crippen MR) is 88.7 cm³/mol. The zero-order valence-electron chi connectivity index (χ0n) is 12.2. The van der Waals surface area contributed by atoms with Crippen molar-refractivity contribution in [1.29, 1.82) is 0 Å². The van der Waals surface area contributed by atoms with Crippen molar-refractivity contribution in [3.63, 3.8) is 0 Å². The normalized spacial score (nSPS) is 17.7. The Labute approximate surface area is 137 Å². The Morgan fingerprint density at radius 3 is 2.83 bits per heavy atom. The van der Waals surface area contributed by atoms with Crippen molar-refractivity contribution in [1.82, 2.24) is 19.5 Å². The third kappa shape index (κ3) is 2.69. The Hall–Kier alpha value is -2.38. The van der Waals surface area contributed by atoms with Crippen molar-refractivity contribution >= 4 is 40.0 Å². The van der Waals surface area contributed by atoms with Crippen LogP contribution < -0.4 is 11.1 Å². The Morgan fingerprint density at radius 1 is 1.26 bits per heavy atom. The minimum atomic E-state index is -0.0460. The zero-order valence-corrected chi connectivity index (χ0v) is 13.0. The van der Waals surface area contributed by atoms with E-state index >= 15 is 0 Å². The standard InChI is InChI=1S/C15H15ClN6O/c16-15-20-13(19-10-5-3-9(17)4-6-10)12-14(21-15)22(8-18-12)11-2-1-7-23-11/h3-6,8,11H,1-2,7,17H2,(H,19,20,21). The molecular formula is C15H15ClN6O. The number of nitrogens with two attached hydrogens (primary N) is 1. The van der Waals surface area contributed by atoms with Crippen molar-refractivity contribution < 1.29 is 4.74 Å². The topological polar surface area (TPSA) is 90.9 Å². The molecule has 3 N–H and O–H groups in total. The maximum absolute atomic E-state index is 6.09. The molecule has 0 spiro atoms. The molecule has 8 heteroatoms. The number of benzene rings is 1. The van der Waals surface area contributed by atoms with Gasteiger partial charge in [-0.1, -0.05) is 0 Å². The summed E-state index contributed by atoms with van der Waals surface area (Å²) in [5.41, 5.74) is 8.57. The largest absolute Gasteiger partial charge is 0.399 e. The summed E-state index contributed by atoms with van der Waals surface area (Å²) in [6.07, 6.45) is 3.64. The summed E-state index contributed by atoms with van der Waals surface area (Å²) >= 11 is 6.09. The average molecular weight is 331 g/mol. The van der Waals surface area contributed by atoms with Crippen LogP contribution in [0.25, 0.3) is 11.2 Å². The molecular weight excluding hydrogens is 316 g/mol. The number of fused-ring (bicyclic) bond motifs is 1. The molecule has 3 heterocycles. The summed E-state index contributed by atoms with van der Waals surface area (Å²) in [7, 11) is 0. The molecule has 0 aliphatic carbocycles. The van der Waals surface area contributed by atoms with Gasteiger partial charge in [0.15, 0.2) is 17.0 Å². The highest BCUT2D eigenvalue weighted by atomic mass is 35.5. The first-order valence-corrected chi connectivity index (χ1v) is 7.73. The third-order valence-corrected chi connectivity index (χ3v) is 3.95. The van der Waals surface area contributed by atoms with Crippen LogP contribution in [-0.4, -0.2) is 26.1 Å². The molecule has 4 rings (SSSR count). The molecule has 0 amide bonds. The van der Waals surface area contributed by atoms with Crippen LogP contribution in [0.4, 0.5) is 17.2 Å². The fraction of sp³-hybridized carbons (Fsp3) is 0.267. The average Bonchev–Trinajstić information content (AvgIpc) is 3.18. The quantitative estimate of drug-likeness (QED) is 0.566. The monoisotopic (exact) mass is 330 g/mol. The second kappa shape index (κ2) is 5.68. The van der Waals surface area contributed by atoms with E-state index in [1.54, 1.807) is 6.33 Å². The second-order valence-corrected chi connectivity index (χ2v) is 5.72. The van der Waals surface area contributed by atoms with Gasteiger partial charge in [-0.2, -0.15) is 9.97 Å². The van der Waals surface area contributed by atoms with Gasteiger partial charge in [0.05, 0.1) is 6.33 Å². The Bertz CT molecular complexity index is 841. The highest BCUT2D eigenvalue weighted by Gasteiger charge is 2.22. The summed E-state index contributed by atoms with van der Waals surface area (Å²) in [5, 5.41) is 3.37. The molecule has 3 aromatic rings. The van der Waals surface area contributed by atoms with Gasteiger partial charge in [-0.3, -0.25) is 4.57 Å². The number of ether oxygens (including phenoxy) is 1. The predicted octanol–water partition coefficient (Wildman–Crippen LogP) is 3.11. The number of hydrogen-bond acceptors (Lipinski definition) is 6. The minimum absolute atomic E-state index is 0.0460. The van der Waals surface area contributed by atoms with Crippen LogP contribution in [0.2, 0.25) is 5.28 Å². The number of imidazole rings is 1. The van der Waals surface area contributed by atoms with Crippen LogP contribution in [0.3, 0.4) is 0 Å². The lowest BCUT2D eigenvalue weighted by molar-refractivity contribution is 0.0593. The first kappa shape index (κ1) is 14.2. The molecule has 1 aliphatic rings. The zero-order chi connectivity index (χ0) is 15.8. The van der Waals surface area contributed by atoms with E-state index in [4.69, 9.17) is 22.1 Å². The van der Waals surface area contributed by atoms with Gasteiger partial charge in [-0.05, 0) is 48.7 Å². The molecule has 0 bridgehead atoms. The van der Waals surface area contributed by atoms with Crippen LogP contribution in [0.1, 0.15) is 19.1 Å². The summed E-state index contributed by atoms with van der Waals surface area (Å²) < 4.78 is 7.61. The Balaban J connectivity index is 1.75. The Morgan fingerprint density at radius 2 is 2.09 bits per heavy atom. The van der Waals surface area contributed by atoms with E-state index in [0.29, 0.717) is 22.7 Å². The van der Waals surface area contributed by atoms with Crippen LogP contribution in [0.15, 0.2) is 30.6 Å². The SMILES string of the molecule is Nc1ccc(Nc2nc(Cl)nc3c2ncn3C2CCCO2)cc1. The smallest absolute Gasteiger partial charge is 0.226 e. The van der Waals surface area contributed by atoms with E-state index in [9.17, 15) is 0 Å². The van der Waals surface area contributed by atoms with Gasteiger partial charge in [0.25, 0.3) is 0 Å². The molecule has 2 aromatic heterocycles. The van der Waals surface area contributed by atoms with E-state index in [2.05, 4.69) is 20.3 Å². The van der Waals surface area contributed by atoms with E-state index in [-0.39, 0.29) is 11.5 Å². The maximum atomic E-state index is 6.09. The number of nitrogen functional groups attached to an aromatic ring is 1. The number of aromatic nitrogens is 4. The van der Waals surface area contributed by atoms with Crippen molar-refractivity contribution in [2.24, 2.45) is 0 Å². The number of hydrogen-bond donors (Lipinski definition) is 2.